The number of carbonyl (C=O) groups is 1. The molecule has 2 amide bonds. The van der Waals surface area contributed by atoms with Crippen LogP contribution in [0, 0.1) is 11.7 Å². The van der Waals surface area contributed by atoms with Crippen molar-refractivity contribution in [3.8, 4) is 11.5 Å². The van der Waals surface area contributed by atoms with Crippen LogP contribution in [-0.4, -0.2) is 51.3 Å². The zero-order chi connectivity index (χ0) is 22.9. The summed E-state index contributed by atoms with van der Waals surface area (Å²) < 4.78 is 24.3. The van der Waals surface area contributed by atoms with E-state index in [1.54, 1.807) is 14.2 Å². The summed E-state index contributed by atoms with van der Waals surface area (Å²) in [6, 6.07) is 10.1. The number of fused-ring (bicyclic) bond motifs is 1. The SMILES string of the molecule is COc1ccc([C@]23CC[C@H](NC(=O)Nc4ccc(F)c(Cl)c4)C[C@@H]2CN(C)C3)cc1OC. The Labute approximate surface area is 193 Å². The van der Waals surface area contributed by atoms with E-state index in [9.17, 15) is 9.18 Å². The fourth-order valence-corrected chi connectivity index (χ4v) is 5.56. The molecule has 1 aliphatic heterocycles. The normalized spacial score (nSPS) is 25.2. The molecule has 1 heterocycles. The molecule has 3 atom stereocenters. The molecular formula is C24H29ClFN3O3. The van der Waals surface area contributed by atoms with Gasteiger partial charge in [-0.1, -0.05) is 17.7 Å². The first kappa shape index (κ1) is 22.7. The number of halogens is 2. The molecule has 8 heteroatoms. The van der Waals surface area contributed by atoms with Gasteiger partial charge in [-0.15, -0.1) is 0 Å². The van der Waals surface area contributed by atoms with Crippen molar-refractivity contribution in [3.63, 3.8) is 0 Å². The van der Waals surface area contributed by atoms with Crippen molar-refractivity contribution < 1.29 is 18.7 Å². The summed E-state index contributed by atoms with van der Waals surface area (Å²) in [5.74, 6) is 1.36. The molecule has 0 unspecified atom stereocenters. The summed E-state index contributed by atoms with van der Waals surface area (Å²) in [5, 5.41) is 5.82. The molecule has 0 radical (unpaired) electrons. The molecule has 0 spiro atoms. The van der Waals surface area contributed by atoms with Crippen LogP contribution in [0.1, 0.15) is 24.8 Å². The zero-order valence-electron chi connectivity index (χ0n) is 18.6. The van der Waals surface area contributed by atoms with Crippen LogP contribution in [0.2, 0.25) is 5.02 Å². The third kappa shape index (κ3) is 4.36. The summed E-state index contributed by atoms with van der Waals surface area (Å²) in [5.41, 5.74) is 1.74. The number of hydrogen-bond acceptors (Lipinski definition) is 4. The first-order valence-corrected chi connectivity index (χ1v) is 11.2. The van der Waals surface area contributed by atoms with Crippen molar-refractivity contribution in [1.29, 1.82) is 0 Å². The molecule has 172 valence electrons. The number of likely N-dealkylation sites (tertiary alicyclic amines) is 1. The highest BCUT2D eigenvalue weighted by Crippen LogP contribution is 2.49. The number of anilines is 1. The fourth-order valence-electron chi connectivity index (χ4n) is 5.38. The number of hydrogen-bond donors (Lipinski definition) is 2. The number of nitrogens with zero attached hydrogens (tertiary/aromatic N) is 1. The maximum atomic E-state index is 13.4. The Bertz CT molecular complexity index is 1000. The molecule has 6 nitrogen and oxygen atoms in total. The lowest BCUT2D eigenvalue weighted by Crippen LogP contribution is -2.48. The first-order valence-electron chi connectivity index (χ1n) is 10.8. The summed E-state index contributed by atoms with van der Waals surface area (Å²) in [4.78, 5) is 14.9. The average molecular weight is 462 g/mol. The van der Waals surface area contributed by atoms with Crippen molar-refractivity contribution in [2.75, 3.05) is 39.7 Å². The van der Waals surface area contributed by atoms with Crippen molar-refractivity contribution in [2.24, 2.45) is 5.92 Å². The molecule has 1 saturated carbocycles. The van der Waals surface area contributed by atoms with E-state index in [1.165, 1.54) is 23.8 Å². The Balaban J connectivity index is 1.47. The van der Waals surface area contributed by atoms with Crippen molar-refractivity contribution in [1.82, 2.24) is 10.2 Å². The van der Waals surface area contributed by atoms with E-state index in [0.29, 0.717) is 11.6 Å². The van der Waals surface area contributed by atoms with Crippen LogP contribution < -0.4 is 20.1 Å². The quantitative estimate of drug-likeness (QED) is 0.679. The Morgan fingerprint density at radius 3 is 2.69 bits per heavy atom. The molecule has 2 N–H and O–H groups in total. The number of urea groups is 1. The summed E-state index contributed by atoms with van der Waals surface area (Å²) in [6.45, 7) is 1.95. The molecule has 2 aromatic carbocycles. The van der Waals surface area contributed by atoms with Gasteiger partial charge in [0, 0.05) is 30.2 Å². The second kappa shape index (κ2) is 9.16. The van der Waals surface area contributed by atoms with Crippen LogP contribution in [0.5, 0.6) is 11.5 Å². The first-order chi connectivity index (χ1) is 15.3. The van der Waals surface area contributed by atoms with E-state index < -0.39 is 5.82 Å². The lowest BCUT2D eigenvalue weighted by atomic mass is 9.63. The number of likely N-dealkylation sites (N-methyl/N-ethyl adjacent to an activating group) is 1. The molecule has 0 bridgehead atoms. The van der Waals surface area contributed by atoms with Crippen molar-refractivity contribution in [2.45, 2.75) is 30.7 Å². The van der Waals surface area contributed by atoms with Crippen LogP contribution >= 0.6 is 11.6 Å². The number of carbonyl (C=O) groups excluding carboxylic acids is 1. The van der Waals surface area contributed by atoms with Crippen LogP contribution in [0.15, 0.2) is 36.4 Å². The molecule has 1 saturated heterocycles. The van der Waals surface area contributed by atoms with E-state index in [2.05, 4.69) is 34.7 Å². The van der Waals surface area contributed by atoms with Gasteiger partial charge < -0.3 is 25.0 Å². The van der Waals surface area contributed by atoms with Gasteiger partial charge in [-0.25, -0.2) is 9.18 Å². The number of amides is 2. The van der Waals surface area contributed by atoms with E-state index >= 15 is 0 Å². The van der Waals surface area contributed by atoms with Crippen LogP contribution in [0.3, 0.4) is 0 Å². The smallest absolute Gasteiger partial charge is 0.319 e. The molecule has 2 aliphatic rings. The Morgan fingerprint density at radius 1 is 1.19 bits per heavy atom. The third-order valence-electron chi connectivity index (χ3n) is 6.84. The maximum absolute atomic E-state index is 13.4. The lowest BCUT2D eigenvalue weighted by Gasteiger charge is -2.42. The summed E-state index contributed by atoms with van der Waals surface area (Å²) in [7, 11) is 5.45. The second-order valence-electron chi connectivity index (χ2n) is 8.82. The predicted molar refractivity (Wildman–Crippen MR) is 123 cm³/mol. The maximum Gasteiger partial charge on any atom is 0.319 e. The van der Waals surface area contributed by atoms with Gasteiger partial charge in [0.2, 0.25) is 0 Å². The minimum absolute atomic E-state index is 0.0193. The highest BCUT2D eigenvalue weighted by Gasteiger charge is 2.50. The monoisotopic (exact) mass is 461 g/mol. The zero-order valence-corrected chi connectivity index (χ0v) is 19.3. The van der Waals surface area contributed by atoms with Gasteiger partial charge in [-0.3, -0.25) is 0 Å². The molecule has 2 aromatic rings. The fraction of sp³-hybridized carbons (Fsp3) is 0.458. The third-order valence-corrected chi connectivity index (χ3v) is 7.13. The molecule has 2 fully saturated rings. The Morgan fingerprint density at radius 2 is 1.97 bits per heavy atom. The number of nitrogens with one attached hydrogen (secondary N) is 2. The summed E-state index contributed by atoms with van der Waals surface area (Å²) >= 11 is 5.81. The highest BCUT2D eigenvalue weighted by molar-refractivity contribution is 6.31. The van der Waals surface area contributed by atoms with Crippen LogP contribution in [0.25, 0.3) is 0 Å². The molecule has 1 aliphatic carbocycles. The number of benzene rings is 2. The number of rotatable bonds is 5. The Hall–Kier alpha value is -2.51. The molecule has 32 heavy (non-hydrogen) atoms. The van der Waals surface area contributed by atoms with Crippen LogP contribution in [-0.2, 0) is 5.41 Å². The van der Waals surface area contributed by atoms with Gasteiger partial charge in [0.05, 0.1) is 19.2 Å². The van der Waals surface area contributed by atoms with Crippen LogP contribution in [0.4, 0.5) is 14.9 Å². The number of ether oxygens (including phenoxy) is 2. The summed E-state index contributed by atoms with van der Waals surface area (Å²) in [6.07, 6.45) is 2.72. The second-order valence-corrected chi connectivity index (χ2v) is 9.23. The van der Waals surface area contributed by atoms with Crippen molar-refractivity contribution >= 4 is 23.3 Å². The highest BCUT2D eigenvalue weighted by atomic mass is 35.5. The number of methoxy groups -OCH3 is 2. The van der Waals surface area contributed by atoms with Gasteiger partial charge in [0.15, 0.2) is 11.5 Å². The van der Waals surface area contributed by atoms with Gasteiger partial charge in [-0.05, 0) is 68.1 Å². The predicted octanol–water partition coefficient (Wildman–Crippen LogP) is 4.67. The van der Waals surface area contributed by atoms with Crippen molar-refractivity contribution in [3.05, 3.63) is 52.8 Å². The lowest BCUT2D eigenvalue weighted by molar-refractivity contribution is 0.197. The van der Waals surface area contributed by atoms with Gasteiger partial charge >= 0.3 is 6.03 Å². The van der Waals surface area contributed by atoms with E-state index in [-0.39, 0.29) is 22.5 Å². The topological polar surface area (TPSA) is 62.8 Å². The molecule has 0 aromatic heterocycles. The van der Waals surface area contributed by atoms with Gasteiger partial charge in [0.1, 0.15) is 5.82 Å². The standard InChI is InChI=1S/C24H29ClFN3O3/c1-29-13-16-10-18(28-23(30)27-17-5-6-20(26)19(25)12-17)8-9-24(16,14-29)15-4-7-21(31-2)22(11-15)32-3/h4-7,11-12,16,18H,8-10,13-14H2,1-3H3,(H2,27,28,30)/t16-,18+,24-/m1/s1. The van der Waals surface area contributed by atoms with Gasteiger partial charge in [0.25, 0.3) is 0 Å². The molecule has 4 rings (SSSR count). The average Bonchev–Trinajstić information content (AvgIpc) is 3.12. The van der Waals surface area contributed by atoms with E-state index in [4.69, 9.17) is 21.1 Å². The van der Waals surface area contributed by atoms with E-state index in [1.807, 2.05) is 6.07 Å². The minimum Gasteiger partial charge on any atom is -0.493 e. The Kier molecular flexibility index (Phi) is 6.49. The largest absolute Gasteiger partial charge is 0.493 e. The molecular weight excluding hydrogens is 433 g/mol. The van der Waals surface area contributed by atoms with Gasteiger partial charge in [-0.2, -0.15) is 0 Å². The minimum atomic E-state index is -0.512. The van der Waals surface area contributed by atoms with E-state index in [0.717, 1.165) is 43.9 Å².